The summed E-state index contributed by atoms with van der Waals surface area (Å²) in [6.07, 6.45) is 14.6. The third-order valence-electron chi connectivity index (χ3n) is 13.8. The van der Waals surface area contributed by atoms with E-state index in [1.807, 2.05) is 12.1 Å². The molecule has 1 aromatic rings. The van der Waals surface area contributed by atoms with E-state index in [0.29, 0.717) is 40.8 Å². The summed E-state index contributed by atoms with van der Waals surface area (Å²) in [5.74, 6) is 4.91. The van der Waals surface area contributed by atoms with Crippen LogP contribution in [0.4, 0.5) is 11.4 Å². The van der Waals surface area contributed by atoms with Gasteiger partial charge in [-0.2, -0.15) is 0 Å². The number of rotatable bonds is 4. The van der Waals surface area contributed by atoms with E-state index in [-0.39, 0.29) is 5.79 Å². The SMILES string of the molecule is CC1CCC2(OC1)OC1CC3C4CCC5CC(OCCc6ccc(N)cc6N)CCC5(C)C4CCC3(C)C1C2C. The van der Waals surface area contributed by atoms with Gasteiger partial charge in [0.15, 0.2) is 5.79 Å². The first-order chi connectivity index (χ1) is 19.1. The largest absolute Gasteiger partial charge is 0.399 e. The summed E-state index contributed by atoms with van der Waals surface area (Å²) in [5, 5.41) is 0. The summed E-state index contributed by atoms with van der Waals surface area (Å²) in [5.41, 5.74) is 15.6. The van der Waals surface area contributed by atoms with Crippen LogP contribution < -0.4 is 11.5 Å². The van der Waals surface area contributed by atoms with Gasteiger partial charge in [-0.3, -0.25) is 0 Å². The molecule has 0 aromatic heterocycles. The van der Waals surface area contributed by atoms with Crippen molar-refractivity contribution in [2.75, 3.05) is 24.7 Å². The van der Waals surface area contributed by atoms with Crippen LogP contribution in [0.5, 0.6) is 0 Å². The third kappa shape index (κ3) is 4.19. The van der Waals surface area contributed by atoms with Crippen molar-refractivity contribution in [3.05, 3.63) is 23.8 Å². The molecule has 12 atom stereocenters. The van der Waals surface area contributed by atoms with Gasteiger partial charge in [0.2, 0.25) is 0 Å². The number of fused-ring (bicyclic) bond motifs is 7. The molecule has 2 heterocycles. The Bertz CT molecular complexity index is 1100. The van der Waals surface area contributed by atoms with Gasteiger partial charge in [-0.05, 0) is 128 Å². The highest BCUT2D eigenvalue weighted by Crippen LogP contribution is 2.71. The Labute approximate surface area is 242 Å². The molecule has 0 bridgehead atoms. The maximum absolute atomic E-state index is 6.99. The highest BCUT2D eigenvalue weighted by atomic mass is 16.7. The molecule has 1 spiro atoms. The molecule has 222 valence electrons. The summed E-state index contributed by atoms with van der Waals surface area (Å²) in [6.45, 7) is 11.7. The Hall–Kier alpha value is -1.30. The van der Waals surface area contributed by atoms with E-state index in [1.54, 1.807) is 0 Å². The number of anilines is 2. The Kier molecular flexibility index (Phi) is 6.80. The molecule has 6 fully saturated rings. The number of nitrogens with two attached hydrogens (primary N) is 2. The number of nitrogen functional groups attached to an aromatic ring is 2. The summed E-state index contributed by atoms with van der Waals surface area (Å²) < 4.78 is 20.0. The van der Waals surface area contributed by atoms with Crippen molar-refractivity contribution in [1.29, 1.82) is 0 Å². The molecule has 40 heavy (non-hydrogen) atoms. The van der Waals surface area contributed by atoms with Crippen molar-refractivity contribution in [3.63, 3.8) is 0 Å². The quantitative estimate of drug-likeness (QED) is 0.387. The van der Waals surface area contributed by atoms with Crippen LogP contribution in [-0.2, 0) is 20.6 Å². The standard InChI is InChI=1S/C35H54N2O3/c1-21-9-15-35(39-20-21)22(2)32-31(40-35)19-29-27-8-6-24-17-26(38-16-12-23-5-7-25(36)18-30(23)37)10-13-33(24,3)28(27)11-14-34(29,32)4/h5,7,18,21-22,24,26-29,31-32H,6,8-17,19-20,36-37H2,1-4H3. The predicted octanol–water partition coefficient (Wildman–Crippen LogP) is 7.23. The molecule has 4 aliphatic carbocycles. The number of benzene rings is 1. The van der Waals surface area contributed by atoms with Crippen LogP contribution in [0, 0.1) is 52.3 Å². The van der Waals surface area contributed by atoms with E-state index in [9.17, 15) is 0 Å². The Morgan fingerprint density at radius 1 is 0.925 bits per heavy atom. The van der Waals surface area contributed by atoms with Gasteiger partial charge in [0, 0.05) is 23.7 Å². The van der Waals surface area contributed by atoms with Crippen molar-refractivity contribution in [3.8, 4) is 0 Å². The maximum atomic E-state index is 6.99. The summed E-state index contributed by atoms with van der Waals surface area (Å²) in [4.78, 5) is 0. The van der Waals surface area contributed by atoms with Gasteiger partial charge < -0.3 is 25.7 Å². The van der Waals surface area contributed by atoms with Crippen LogP contribution >= 0.6 is 0 Å². The van der Waals surface area contributed by atoms with Crippen molar-refractivity contribution in [2.24, 2.45) is 52.3 Å². The zero-order valence-electron chi connectivity index (χ0n) is 25.5. The normalized spacial score (nSPS) is 49.8. The van der Waals surface area contributed by atoms with E-state index in [1.165, 1.54) is 57.8 Å². The number of hydrogen-bond acceptors (Lipinski definition) is 5. The van der Waals surface area contributed by atoms with Crippen molar-refractivity contribution >= 4 is 11.4 Å². The Morgan fingerprint density at radius 2 is 1.75 bits per heavy atom. The topological polar surface area (TPSA) is 79.7 Å². The molecule has 5 nitrogen and oxygen atoms in total. The summed E-state index contributed by atoms with van der Waals surface area (Å²) in [7, 11) is 0. The lowest BCUT2D eigenvalue weighted by molar-refractivity contribution is -0.273. The fourth-order valence-electron chi connectivity index (χ4n) is 11.6. The second kappa shape index (κ2) is 9.88. The van der Waals surface area contributed by atoms with Gasteiger partial charge in [0.05, 0.1) is 25.4 Å². The highest BCUT2D eigenvalue weighted by molar-refractivity contribution is 5.56. The summed E-state index contributed by atoms with van der Waals surface area (Å²) in [6, 6.07) is 5.86. The minimum absolute atomic E-state index is 0.297. The number of ether oxygens (including phenoxy) is 3. The molecule has 12 unspecified atom stereocenters. The average molecular weight is 551 g/mol. The molecule has 0 radical (unpaired) electrons. The second-order valence-corrected chi connectivity index (χ2v) is 15.7. The second-order valence-electron chi connectivity index (χ2n) is 15.7. The fraction of sp³-hybridized carbons (Fsp3) is 0.829. The lowest BCUT2D eigenvalue weighted by Crippen LogP contribution is -2.55. The molecule has 4 N–H and O–H groups in total. The van der Waals surface area contributed by atoms with E-state index < -0.39 is 0 Å². The average Bonchev–Trinajstić information content (AvgIpc) is 3.37. The van der Waals surface area contributed by atoms with Crippen LogP contribution in [0.25, 0.3) is 0 Å². The highest BCUT2D eigenvalue weighted by Gasteiger charge is 2.69. The molecule has 0 amide bonds. The molecular weight excluding hydrogens is 496 g/mol. The van der Waals surface area contributed by atoms with Gasteiger partial charge in [-0.15, -0.1) is 0 Å². The molecule has 4 saturated carbocycles. The zero-order valence-corrected chi connectivity index (χ0v) is 25.5. The van der Waals surface area contributed by atoms with E-state index in [2.05, 4.69) is 33.8 Å². The van der Waals surface area contributed by atoms with Crippen LogP contribution in [0.15, 0.2) is 18.2 Å². The molecule has 2 saturated heterocycles. The van der Waals surface area contributed by atoms with Gasteiger partial charge in [-0.1, -0.05) is 33.8 Å². The van der Waals surface area contributed by atoms with E-state index >= 15 is 0 Å². The Balaban J connectivity index is 0.995. The van der Waals surface area contributed by atoms with Gasteiger partial charge in [0.25, 0.3) is 0 Å². The molecule has 2 aliphatic heterocycles. The first-order valence-electron chi connectivity index (χ1n) is 16.7. The van der Waals surface area contributed by atoms with Gasteiger partial charge in [-0.25, -0.2) is 0 Å². The minimum Gasteiger partial charge on any atom is -0.399 e. The molecule has 6 aliphatic rings. The maximum Gasteiger partial charge on any atom is 0.171 e. The first kappa shape index (κ1) is 27.5. The smallest absolute Gasteiger partial charge is 0.171 e. The third-order valence-corrected chi connectivity index (χ3v) is 13.8. The summed E-state index contributed by atoms with van der Waals surface area (Å²) >= 11 is 0. The zero-order chi connectivity index (χ0) is 27.9. The molecule has 5 heteroatoms. The van der Waals surface area contributed by atoms with Crippen LogP contribution in [0.1, 0.15) is 97.5 Å². The monoisotopic (exact) mass is 550 g/mol. The predicted molar refractivity (Wildman–Crippen MR) is 160 cm³/mol. The molecular formula is C35H54N2O3. The first-order valence-corrected chi connectivity index (χ1v) is 16.7. The number of hydrogen-bond donors (Lipinski definition) is 2. The van der Waals surface area contributed by atoms with Gasteiger partial charge >= 0.3 is 0 Å². The van der Waals surface area contributed by atoms with Crippen molar-refractivity contribution < 1.29 is 14.2 Å². The molecule has 1 aromatic carbocycles. The lowest BCUT2D eigenvalue weighted by Gasteiger charge is -2.61. The van der Waals surface area contributed by atoms with E-state index in [4.69, 9.17) is 25.7 Å². The van der Waals surface area contributed by atoms with Crippen LogP contribution in [0.3, 0.4) is 0 Å². The van der Waals surface area contributed by atoms with Crippen molar-refractivity contribution in [2.45, 2.75) is 116 Å². The lowest BCUT2D eigenvalue weighted by atomic mass is 9.44. The van der Waals surface area contributed by atoms with Crippen molar-refractivity contribution in [1.82, 2.24) is 0 Å². The minimum atomic E-state index is -0.297. The van der Waals surface area contributed by atoms with Crippen LogP contribution in [0.2, 0.25) is 0 Å². The Morgan fingerprint density at radius 3 is 2.52 bits per heavy atom. The molecule has 7 rings (SSSR count). The van der Waals surface area contributed by atoms with E-state index in [0.717, 1.165) is 66.7 Å². The fourth-order valence-corrected chi connectivity index (χ4v) is 11.6. The van der Waals surface area contributed by atoms with Gasteiger partial charge in [0.1, 0.15) is 0 Å². The van der Waals surface area contributed by atoms with Crippen LogP contribution in [-0.4, -0.2) is 31.2 Å².